The normalized spacial score (nSPS) is 20.1. The Labute approximate surface area is 117 Å². The van der Waals surface area contributed by atoms with Crippen molar-refractivity contribution in [3.05, 3.63) is 11.8 Å². The van der Waals surface area contributed by atoms with Crippen LogP contribution in [0.1, 0.15) is 29.8 Å². The van der Waals surface area contributed by atoms with E-state index < -0.39 is 10.0 Å². The zero-order valence-corrected chi connectivity index (χ0v) is 12.1. The minimum Gasteiger partial charge on any atom is -0.382 e. The summed E-state index contributed by atoms with van der Waals surface area (Å²) >= 11 is 0. The van der Waals surface area contributed by atoms with Crippen molar-refractivity contribution in [3.8, 4) is 0 Å². The fraction of sp³-hybridized carbons (Fsp3) is 0.636. The van der Waals surface area contributed by atoms with Crippen molar-refractivity contribution in [2.24, 2.45) is 0 Å². The molecule has 4 N–H and O–H groups in total. The van der Waals surface area contributed by atoms with Crippen molar-refractivity contribution in [2.75, 3.05) is 25.1 Å². The maximum Gasteiger partial charge on any atom is 0.272 e. The van der Waals surface area contributed by atoms with Gasteiger partial charge in [0.2, 0.25) is 10.0 Å². The van der Waals surface area contributed by atoms with Gasteiger partial charge in [-0.3, -0.25) is 9.89 Å². The third kappa shape index (κ3) is 3.70. The molecule has 1 amide bonds. The number of anilines is 1. The topological polar surface area (TPSA) is 121 Å². The van der Waals surface area contributed by atoms with Crippen LogP contribution in [0, 0.1) is 0 Å². The molecule has 0 bridgehead atoms. The Morgan fingerprint density at radius 1 is 1.60 bits per heavy atom. The summed E-state index contributed by atoms with van der Waals surface area (Å²) in [4.78, 5) is 14.0. The number of nitrogen functional groups attached to an aromatic ring is 1. The molecule has 0 spiro atoms. The van der Waals surface area contributed by atoms with E-state index in [1.165, 1.54) is 6.07 Å². The molecule has 0 aromatic carbocycles. The first-order valence-corrected chi connectivity index (χ1v) is 8.32. The first-order chi connectivity index (χ1) is 9.37. The van der Waals surface area contributed by atoms with Crippen molar-refractivity contribution in [3.63, 3.8) is 0 Å². The highest BCUT2D eigenvalue weighted by atomic mass is 32.2. The molecule has 1 aromatic heterocycles. The predicted octanol–water partition coefficient (Wildman–Crippen LogP) is -0.464. The molecule has 1 aliphatic heterocycles. The van der Waals surface area contributed by atoms with E-state index in [0.29, 0.717) is 12.2 Å². The van der Waals surface area contributed by atoms with Crippen LogP contribution in [0.4, 0.5) is 5.82 Å². The van der Waals surface area contributed by atoms with Gasteiger partial charge in [-0.05, 0) is 19.3 Å². The van der Waals surface area contributed by atoms with Crippen molar-refractivity contribution in [1.82, 2.24) is 19.8 Å². The number of sulfonamides is 1. The molecule has 0 radical (unpaired) electrons. The van der Waals surface area contributed by atoms with Crippen molar-refractivity contribution in [2.45, 2.75) is 25.3 Å². The van der Waals surface area contributed by atoms with E-state index in [1.54, 1.807) is 4.90 Å². The van der Waals surface area contributed by atoms with E-state index in [2.05, 4.69) is 14.9 Å². The Balaban J connectivity index is 2.08. The van der Waals surface area contributed by atoms with Crippen molar-refractivity contribution in [1.29, 1.82) is 0 Å². The van der Waals surface area contributed by atoms with Gasteiger partial charge in [0.25, 0.3) is 5.91 Å². The van der Waals surface area contributed by atoms with E-state index in [0.717, 1.165) is 25.5 Å². The molecule has 0 saturated carbocycles. The molecule has 112 valence electrons. The summed E-state index contributed by atoms with van der Waals surface area (Å²) in [7, 11) is -3.26. The van der Waals surface area contributed by atoms with Gasteiger partial charge in [-0.1, -0.05) is 0 Å². The summed E-state index contributed by atoms with van der Waals surface area (Å²) in [5.41, 5.74) is 5.82. The van der Waals surface area contributed by atoms with Gasteiger partial charge in [0.1, 0.15) is 11.5 Å². The number of amides is 1. The second kappa shape index (κ2) is 5.80. The van der Waals surface area contributed by atoms with Crippen LogP contribution in [0.5, 0.6) is 0 Å². The lowest BCUT2D eigenvalue weighted by Crippen LogP contribution is -2.49. The number of carbonyl (C=O) groups excluding carboxylic acids is 1. The van der Waals surface area contributed by atoms with Crippen LogP contribution in [0.2, 0.25) is 0 Å². The first kappa shape index (κ1) is 14.8. The van der Waals surface area contributed by atoms with Crippen LogP contribution in [0.15, 0.2) is 6.07 Å². The number of hydrogen-bond acceptors (Lipinski definition) is 5. The summed E-state index contributed by atoms with van der Waals surface area (Å²) in [5.74, 6) is 0.0605. The average molecular weight is 301 g/mol. The van der Waals surface area contributed by atoms with Crippen LogP contribution >= 0.6 is 0 Å². The average Bonchev–Trinajstić information content (AvgIpc) is 2.82. The summed E-state index contributed by atoms with van der Waals surface area (Å²) in [6.45, 7) is 0.835. The van der Waals surface area contributed by atoms with Crippen LogP contribution in [-0.4, -0.2) is 54.8 Å². The fourth-order valence-corrected chi connectivity index (χ4v) is 2.82. The highest BCUT2D eigenvalue weighted by Gasteiger charge is 2.28. The fourth-order valence-electron chi connectivity index (χ4n) is 2.33. The van der Waals surface area contributed by atoms with Gasteiger partial charge in [0.05, 0.1) is 6.26 Å². The molecule has 1 saturated heterocycles. The molecular weight excluding hydrogens is 282 g/mol. The highest BCUT2D eigenvalue weighted by Crippen LogP contribution is 2.19. The molecule has 9 heteroatoms. The zero-order valence-electron chi connectivity index (χ0n) is 11.3. The summed E-state index contributed by atoms with van der Waals surface area (Å²) in [6.07, 6.45) is 3.77. The quantitative estimate of drug-likeness (QED) is 0.694. The van der Waals surface area contributed by atoms with Crippen LogP contribution in [0.3, 0.4) is 0 Å². The molecule has 1 fully saturated rings. The van der Waals surface area contributed by atoms with Crippen LogP contribution < -0.4 is 10.5 Å². The standard InChI is InChI=1S/C11H19N5O3S/c1-20(18,19)13-7-8-4-2-3-5-16(8)11(17)9-6-10(12)15-14-9/h6,8,13H,2-5,7H2,1H3,(H3,12,14,15). The van der Waals surface area contributed by atoms with Gasteiger partial charge in [-0.15, -0.1) is 0 Å². The number of nitrogens with zero attached hydrogens (tertiary/aromatic N) is 2. The monoisotopic (exact) mass is 301 g/mol. The Hall–Kier alpha value is -1.61. The van der Waals surface area contributed by atoms with Crippen molar-refractivity contribution < 1.29 is 13.2 Å². The Morgan fingerprint density at radius 3 is 2.95 bits per heavy atom. The van der Waals surface area contributed by atoms with Crippen molar-refractivity contribution >= 4 is 21.7 Å². The van der Waals surface area contributed by atoms with E-state index in [-0.39, 0.29) is 24.3 Å². The van der Waals surface area contributed by atoms with E-state index >= 15 is 0 Å². The van der Waals surface area contributed by atoms with Gasteiger partial charge >= 0.3 is 0 Å². The minimum absolute atomic E-state index is 0.143. The van der Waals surface area contributed by atoms with Crippen LogP contribution in [-0.2, 0) is 10.0 Å². The SMILES string of the molecule is CS(=O)(=O)NCC1CCCCN1C(=O)c1cc(N)n[nH]1. The van der Waals surface area contributed by atoms with Gasteiger partial charge in [0.15, 0.2) is 0 Å². The molecule has 1 aromatic rings. The maximum atomic E-state index is 12.4. The second-order valence-electron chi connectivity index (χ2n) is 4.98. The number of aromatic amines is 1. The maximum absolute atomic E-state index is 12.4. The minimum atomic E-state index is -3.26. The van der Waals surface area contributed by atoms with E-state index in [4.69, 9.17) is 5.73 Å². The number of piperidine rings is 1. The molecule has 1 unspecified atom stereocenters. The van der Waals surface area contributed by atoms with Gasteiger partial charge < -0.3 is 10.6 Å². The Bertz CT molecular complexity index is 583. The number of hydrogen-bond donors (Lipinski definition) is 3. The smallest absolute Gasteiger partial charge is 0.272 e. The number of rotatable bonds is 4. The van der Waals surface area contributed by atoms with Gasteiger partial charge in [0, 0.05) is 25.2 Å². The molecular formula is C11H19N5O3S. The van der Waals surface area contributed by atoms with E-state index in [9.17, 15) is 13.2 Å². The van der Waals surface area contributed by atoms with Crippen LogP contribution in [0.25, 0.3) is 0 Å². The number of aromatic nitrogens is 2. The summed E-state index contributed by atoms with van der Waals surface area (Å²) in [6, 6.07) is 1.34. The number of carbonyl (C=O) groups is 1. The number of nitrogens with two attached hydrogens (primary N) is 1. The number of H-pyrrole nitrogens is 1. The van der Waals surface area contributed by atoms with Gasteiger partial charge in [-0.25, -0.2) is 13.1 Å². The third-order valence-electron chi connectivity index (χ3n) is 3.30. The Kier molecular flexibility index (Phi) is 4.29. The lowest BCUT2D eigenvalue weighted by Gasteiger charge is -2.35. The summed E-state index contributed by atoms with van der Waals surface area (Å²) < 4.78 is 24.8. The lowest BCUT2D eigenvalue weighted by atomic mass is 10.0. The molecule has 8 nitrogen and oxygen atoms in total. The molecule has 1 atom stereocenters. The summed E-state index contributed by atoms with van der Waals surface area (Å²) in [5, 5.41) is 6.33. The number of nitrogens with one attached hydrogen (secondary N) is 2. The molecule has 2 heterocycles. The number of likely N-dealkylation sites (tertiary alicyclic amines) is 1. The zero-order chi connectivity index (χ0) is 14.8. The first-order valence-electron chi connectivity index (χ1n) is 6.43. The molecule has 1 aliphatic rings. The van der Waals surface area contributed by atoms with Gasteiger partial charge in [-0.2, -0.15) is 5.10 Å². The largest absolute Gasteiger partial charge is 0.382 e. The Morgan fingerprint density at radius 2 is 2.35 bits per heavy atom. The molecule has 0 aliphatic carbocycles. The highest BCUT2D eigenvalue weighted by molar-refractivity contribution is 7.88. The predicted molar refractivity (Wildman–Crippen MR) is 74.5 cm³/mol. The molecule has 2 rings (SSSR count). The lowest BCUT2D eigenvalue weighted by molar-refractivity contribution is 0.0612. The molecule has 20 heavy (non-hydrogen) atoms. The third-order valence-corrected chi connectivity index (χ3v) is 3.99. The van der Waals surface area contributed by atoms with E-state index in [1.807, 2.05) is 0 Å². The second-order valence-corrected chi connectivity index (χ2v) is 6.81.